The summed E-state index contributed by atoms with van der Waals surface area (Å²) in [6.07, 6.45) is 2.69. The van der Waals surface area contributed by atoms with Gasteiger partial charge in [0.15, 0.2) is 0 Å². The number of thioether (sulfide) groups is 1. The second kappa shape index (κ2) is 10.2. The fourth-order valence-electron chi connectivity index (χ4n) is 2.90. The van der Waals surface area contributed by atoms with E-state index in [0.717, 1.165) is 11.1 Å². The van der Waals surface area contributed by atoms with Crippen LogP contribution in [0.25, 0.3) is 6.08 Å². The van der Waals surface area contributed by atoms with Crippen LogP contribution in [0, 0.1) is 0 Å². The minimum atomic E-state index is -0.129. The van der Waals surface area contributed by atoms with E-state index in [0.29, 0.717) is 40.9 Å². The number of hydrogen-bond acceptors (Lipinski definition) is 5. The summed E-state index contributed by atoms with van der Waals surface area (Å²) in [7, 11) is 1.60. The van der Waals surface area contributed by atoms with Crippen molar-refractivity contribution in [1.29, 1.82) is 0 Å². The van der Waals surface area contributed by atoms with E-state index in [9.17, 15) is 9.59 Å². The molecular weight excluding hydrogens is 404 g/mol. The van der Waals surface area contributed by atoms with Crippen LogP contribution < -0.4 is 10.1 Å². The molecule has 0 radical (unpaired) electrons. The first kappa shape index (κ1) is 21.1. The van der Waals surface area contributed by atoms with Gasteiger partial charge in [-0.25, -0.2) is 0 Å². The van der Waals surface area contributed by atoms with Gasteiger partial charge in [0.25, 0.3) is 5.91 Å². The maximum Gasteiger partial charge on any atom is 0.266 e. The molecule has 1 N–H and O–H groups in total. The molecule has 150 valence electrons. The van der Waals surface area contributed by atoms with E-state index in [-0.39, 0.29) is 11.8 Å². The van der Waals surface area contributed by atoms with Crippen molar-refractivity contribution in [2.75, 3.05) is 13.7 Å². The average Bonchev–Trinajstić information content (AvgIpc) is 3.00. The van der Waals surface area contributed by atoms with Crippen molar-refractivity contribution in [3.63, 3.8) is 0 Å². The number of hydrogen-bond donors (Lipinski definition) is 1. The van der Waals surface area contributed by atoms with Crippen LogP contribution in [0.1, 0.15) is 24.0 Å². The summed E-state index contributed by atoms with van der Waals surface area (Å²) in [5.41, 5.74) is 1.88. The molecule has 3 rings (SSSR count). The maximum absolute atomic E-state index is 12.7. The molecule has 0 aliphatic carbocycles. The van der Waals surface area contributed by atoms with Crippen molar-refractivity contribution < 1.29 is 14.3 Å². The van der Waals surface area contributed by atoms with Crippen LogP contribution in [-0.2, 0) is 16.1 Å². The Morgan fingerprint density at radius 2 is 1.90 bits per heavy atom. The second-order valence-corrected chi connectivity index (χ2v) is 8.12. The minimum absolute atomic E-state index is 0.0381. The molecule has 1 aliphatic rings. The molecule has 2 aromatic rings. The molecule has 0 atom stereocenters. The number of rotatable bonds is 8. The van der Waals surface area contributed by atoms with Crippen molar-refractivity contribution in [3.8, 4) is 5.75 Å². The van der Waals surface area contributed by atoms with E-state index in [4.69, 9.17) is 17.0 Å². The van der Waals surface area contributed by atoms with Gasteiger partial charge in [-0.3, -0.25) is 14.5 Å². The number of thiocarbonyl (C=S) groups is 1. The Kier molecular flexibility index (Phi) is 7.43. The van der Waals surface area contributed by atoms with Gasteiger partial charge < -0.3 is 10.1 Å². The lowest BCUT2D eigenvalue weighted by molar-refractivity contribution is -0.124. The fraction of sp³-hybridized carbons (Fsp3) is 0.227. The topological polar surface area (TPSA) is 58.6 Å². The molecule has 0 bridgehead atoms. The number of benzene rings is 2. The lowest BCUT2D eigenvalue weighted by Crippen LogP contribution is -2.30. The van der Waals surface area contributed by atoms with Crippen molar-refractivity contribution in [1.82, 2.24) is 10.2 Å². The highest BCUT2D eigenvalue weighted by molar-refractivity contribution is 8.26. The Labute approximate surface area is 180 Å². The SMILES string of the molecule is COc1ccccc1/C=C1\SC(=S)N(CCCC(=O)NCc2ccccc2)C1=O. The Bertz CT molecular complexity index is 929. The second-order valence-electron chi connectivity index (χ2n) is 6.44. The van der Waals surface area contributed by atoms with Gasteiger partial charge >= 0.3 is 0 Å². The van der Waals surface area contributed by atoms with E-state index in [2.05, 4.69) is 5.32 Å². The minimum Gasteiger partial charge on any atom is -0.496 e. The lowest BCUT2D eigenvalue weighted by Gasteiger charge is -2.14. The van der Waals surface area contributed by atoms with Gasteiger partial charge in [-0.15, -0.1) is 0 Å². The summed E-state index contributed by atoms with van der Waals surface area (Å²) < 4.78 is 5.85. The molecule has 1 aliphatic heterocycles. The van der Waals surface area contributed by atoms with Crippen LogP contribution >= 0.6 is 24.0 Å². The molecule has 0 unspecified atom stereocenters. The third-order valence-corrected chi connectivity index (χ3v) is 5.79. The van der Waals surface area contributed by atoms with Crippen LogP contribution in [0.2, 0.25) is 0 Å². The molecule has 2 amide bonds. The van der Waals surface area contributed by atoms with Crippen molar-refractivity contribution in [2.45, 2.75) is 19.4 Å². The Balaban J connectivity index is 1.51. The zero-order valence-electron chi connectivity index (χ0n) is 16.1. The number of ether oxygens (including phenoxy) is 1. The monoisotopic (exact) mass is 426 g/mol. The largest absolute Gasteiger partial charge is 0.496 e. The zero-order chi connectivity index (χ0) is 20.6. The summed E-state index contributed by atoms with van der Waals surface area (Å²) in [5.74, 6) is 0.535. The van der Waals surface area contributed by atoms with Crippen LogP contribution in [0.5, 0.6) is 5.75 Å². The first-order valence-corrected chi connectivity index (χ1v) is 10.5. The van der Waals surface area contributed by atoms with Gasteiger partial charge in [-0.1, -0.05) is 72.5 Å². The van der Waals surface area contributed by atoms with E-state index in [1.165, 1.54) is 11.8 Å². The van der Waals surface area contributed by atoms with Gasteiger partial charge in [0, 0.05) is 25.1 Å². The quantitative estimate of drug-likeness (QED) is 0.511. The van der Waals surface area contributed by atoms with Crippen LogP contribution in [-0.4, -0.2) is 34.7 Å². The first-order valence-electron chi connectivity index (χ1n) is 9.27. The molecule has 7 heteroatoms. The van der Waals surface area contributed by atoms with Gasteiger partial charge in [0.1, 0.15) is 10.1 Å². The standard InChI is InChI=1S/C22H22N2O3S2/c1-27-18-11-6-5-10-17(18)14-19-21(26)24(22(28)29-19)13-7-12-20(25)23-15-16-8-3-2-4-9-16/h2-6,8-11,14H,7,12-13,15H2,1H3,(H,23,25)/b19-14-. The van der Waals surface area contributed by atoms with Gasteiger partial charge in [-0.2, -0.15) is 0 Å². The number of amides is 2. The number of methoxy groups -OCH3 is 1. The molecule has 1 saturated heterocycles. The fourth-order valence-corrected chi connectivity index (χ4v) is 4.20. The van der Waals surface area contributed by atoms with Gasteiger partial charge in [0.05, 0.1) is 12.0 Å². The average molecular weight is 427 g/mol. The molecule has 5 nitrogen and oxygen atoms in total. The third kappa shape index (κ3) is 5.68. The smallest absolute Gasteiger partial charge is 0.266 e. The Hall–Kier alpha value is -2.64. The number of carbonyl (C=O) groups is 2. The molecule has 0 saturated carbocycles. The Morgan fingerprint density at radius 1 is 1.17 bits per heavy atom. The van der Waals surface area contributed by atoms with Crippen molar-refractivity contribution >= 4 is 46.2 Å². The summed E-state index contributed by atoms with van der Waals surface area (Å²) >= 11 is 6.64. The molecule has 2 aromatic carbocycles. The van der Waals surface area contributed by atoms with Crippen LogP contribution in [0.4, 0.5) is 0 Å². The first-order chi connectivity index (χ1) is 14.1. The molecule has 29 heavy (non-hydrogen) atoms. The van der Waals surface area contributed by atoms with E-state index < -0.39 is 0 Å². The predicted octanol–water partition coefficient (Wildman–Crippen LogP) is 3.99. The summed E-state index contributed by atoms with van der Waals surface area (Å²) in [4.78, 5) is 26.9. The highest BCUT2D eigenvalue weighted by Gasteiger charge is 2.31. The van der Waals surface area contributed by atoms with E-state index in [1.807, 2.05) is 54.6 Å². The molecule has 0 spiro atoms. The normalized spacial score (nSPS) is 15.1. The van der Waals surface area contributed by atoms with Gasteiger partial charge in [-0.05, 0) is 24.1 Å². The molecular formula is C22H22N2O3S2. The predicted molar refractivity (Wildman–Crippen MR) is 120 cm³/mol. The number of nitrogens with one attached hydrogen (secondary N) is 1. The van der Waals surface area contributed by atoms with E-state index >= 15 is 0 Å². The summed E-state index contributed by atoms with van der Waals surface area (Å²) in [5, 5.41) is 2.90. The zero-order valence-corrected chi connectivity index (χ0v) is 17.7. The number of carbonyl (C=O) groups excluding carboxylic acids is 2. The Morgan fingerprint density at radius 3 is 2.66 bits per heavy atom. The van der Waals surface area contributed by atoms with Crippen molar-refractivity contribution in [3.05, 3.63) is 70.6 Å². The number of para-hydroxylation sites is 1. The highest BCUT2D eigenvalue weighted by Crippen LogP contribution is 2.34. The summed E-state index contributed by atoms with van der Waals surface area (Å²) in [6.45, 7) is 0.926. The highest BCUT2D eigenvalue weighted by atomic mass is 32.2. The van der Waals surface area contributed by atoms with Crippen LogP contribution in [0.3, 0.4) is 0 Å². The summed E-state index contributed by atoms with van der Waals surface area (Å²) in [6, 6.07) is 17.3. The molecule has 1 heterocycles. The molecule has 1 fully saturated rings. The number of nitrogens with zero attached hydrogens (tertiary/aromatic N) is 1. The van der Waals surface area contributed by atoms with Crippen molar-refractivity contribution in [2.24, 2.45) is 0 Å². The lowest BCUT2D eigenvalue weighted by atomic mass is 10.2. The van der Waals surface area contributed by atoms with E-state index in [1.54, 1.807) is 18.1 Å². The van der Waals surface area contributed by atoms with Gasteiger partial charge in [0.2, 0.25) is 5.91 Å². The molecule has 0 aromatic heterocycles. The third-order valence-electron chi connectivity index (χ3n) is 4.42. The maximum atomic E-state index is 12.7. The van der Waals surface area contributed by atoms with Crippen LogP contribution in [0.15, 0.2) is 59.5 Å².